The number of carbonyl (C=O) groups is 2. The lowest BCUT2D eigenvalue weighted by atomic mass is 9.91. The molecule has 2 N–H and O–H groups in total. The van der Waals surface area contributed by atoms with Gasteiger partial charge in [-0.05, 0) is 53.6 Å². The molecule has 2 aliphatic rings. The highest BCUT2D eigenvalue weighted by molar-refractivity contribution is 7.92. The normalized spacial score (nSPS) is 16.2. The standard InChI is InChI=1S/C30H32Cl2N4O5S/c31-25-8-4-22(5-9-25)29(23-6-10-26(32)11-7-23)36-18-21(19-36)20-42(39,40)34-27-3-1-2-24(16-27)30(38)33-17-28(37)35-12-14-41-15-13-35/h1-11,16,21,29,34H,12-15,17-20H2,(H,33,38). The first-order valence-corrected chi connectivity index (χ1v) is 16.1. The molecular formula is C30H32Cl2N4O5S. The Bertz CT molecular complexity index is 1460. The molecule has 12 heteroatoms. The number of hydrogen-bond acceptors (Lipinski definition) is 6. The van der Waals surface area contributed by atoms with Crippen molar-refractivity contribution in [3.63, 3.8) is 0 Å². The molecular weight excluding hydrogens is 599 g/mol. The van der Waals surface area contributed by atoms with Crippen molar-refractivity contribution in [2.24, 2.45) is 5.92 Å². The first kappa shape index (κ1) is 30.3. The molecule has 0 aliphatic carbocycles. The van der Waals surface area contributed by atoms with E-state index in [1.165, 1.54) is 6.07 Å². The predicted molar refractivity (Wildman–Crippen MR) is 163 cm³/mol. The highest BCUT2D eigenvalue weighted by atomic mass is 35.5. The van der Waals surface area contributed by atoms with Crippen LogP contribution in [0.2, 0.25) is 10.0 Å². The van der Waals surface area contributed by atoms with Crippen LogP contribution in [0.3, 0.4) is 0 Å². The Balaban J connectivity index is 1.17. The Labute approximate surface area is 255 Å². The summed E-state index contributed by atoms with van der Waals surface area (Å²) in [5.74, 6) is -0.764. The van der Waals surface area contributed by atoms with Crippen LogP contribution in [0, 0.1) is 5.92 Å². The molecule has 2 fully saturated rings. The van der Waals surface area contributed by atoms with Crippen LogP contribution in [0.5, 0.6) is 0 Å². The molecule has 0 atom stereocenters. The second kappa shape index (κ2) is 13.4. The number of carbonyl (C=O) groups excluding carboxylic acids is 2. The third kappa shape index (κ3) is 7.81. The van der Waals surface area contributed by atoms with E-state index in [9.17, 15) is 18.0 Å². The van der Waals surface area contributed by atoms with Gasteiger partial charge in [0, 0.05) is 53.4 Å². The molecule has 222 valence electrons. The van der Waals surface area contributed by atoms with Crippen LogP contribution in [0.25, 0.3) is 0 Å². The van der Waals surface area contributed by atoms with E-state index >= 15 is 0 Å². The third-order valence-corrected chi connectivity index (χ3v) is 9.30. The fourth-order valence-electron chi connectivity index (χ4n) is 5.27. The van der Waals surface area contributed by atoms with Crippen molar-refractivity contribution in [1.29, 1.82) is 0 Å². The van der Waals surface area contributed by atoms with Crippen molar-refractivity contribution < 1.29 is 22.7 Å². The number of hydrogen-bond donors (Lipinski definition) is 2. The maximum atomic E-state index is 13.0. The Hall–Kier alpha value is -3.15. The highest BCUT2D eigenvalue weighted by Crippen LogP contribution is 2.36. The molecule has 0 saturated carbocycles. The van der Waals surface area contributed by atoms with Gasteiger partial charge in [0.05, 0.1) is 31.6 Å². The van der Waals surface area contributed by atoms with Crippen LogP contribution in [-0.4, -0.2) is 81.7 Å². The molecule has 42 heavy (non-hydrogen) atoms. The van der Waals surface area contributed by atoms with Gasteiger partial charge in [0.15, 0.2) is 0 Å². The molecule has 9 nitrogen and oxygen atoms in total. The lowest BCUT2D eigenvalue weighted by Gasteiger charge is -2.44. The molecule has 3 aromatic rings. The number of nitrogens with zero attached hydrogens (tertiary/aromatic N) is 2. The Morgan fingerprint density at radius 1 is 0.905 bits per heavy atom. The molecule has 2 saturated heterocycles. The number of nitrogens with one attached hydrogen (secondary N) is 2. The van der Waals surface area contributed by atoms with Gasteiger partial charge in [-0.3, -0.25) is 19.2 Å². The van der Waals surface area contributed by atoms with Crippen molar-refractivity contribution in [3.05, 3.63) is 99.5 Å². The largest absolute Gasteiger partial charge is 0.378 e. The summed E-state index contributed by atoms with van der Waals surface area (Å²) in [6.07, 6.45) is 0. The molecule has 2 heterocycles. The van der Waals surface area contributed by atoms with E-state index in [0.29, 0.717) is 55.1 Å². The topological polar surface area (TPSA) is 108 Å². The van der Waals surface area contributed by atoms with E-state index in [2.05, 4.69) is 14.9 Å². The van der Waals surface area contributed by atoms with Gasteiger partial charge in [0.25, 0.3) is 5.91 Å². The van der Waals surface area contributed by atoms with E-state index in [1.807, 2.05) is 48.5 Å². The van der Waals surface area contributed by atoms with Crippen LogP contribution in [-0.2, 0) is 19.6 Å². The monoisotopic (exact) mass is 630 g/mol. The number of ether oxygens (including phenoxy) is 1. The van der Waals surface area contributed by atoms with Crippen LogP contribution in [0.15, 0.2) is 72.8 Å². The Morgan fingerprint density at radius 2 is 1.50 bits per heavy atom. The zero-order valence-corrected chi connectivity index (χ0v) is 25.2. The summed E-state index contributed by atoms with van der Waals surface area (Å²) in [6, 6.07) is 21.5. The molecule has 2 amide bonds. The fourth-order valence-corrected chi connectivity index (χ4v) is 6.92. The van der Waals surface area contributed by atoms with Gasteiger partial charge in [0.2, 0.25) is 15.9 Å². The van der Waals surface area contributed by atoms with Crippen LogP contribution in [0.4, 0.5) is 5.69 Å². The molecule has 0 bridgehead atoms. The van der Waals surface area contributed by atoms with Gasteiger partial charge in [-0.25, -0.2) is 8.42 Å². The minimum Gasteiger partial charge on any atom is -0.378 e. The molecule has 2 aliphatic heterocycles. The number of halogens is 2. The van der Waals surface area contributed by atoms with Crippen molar-refractivity contribution >= 4 is 50.7 Å². The summed E-state index contributed by atoms with van der Waals surface area (Å²) >= 11 is 12.2. The van der Waals surface area contributed by atoms with Gasteiger partial charge in [-0.1, -0.05) is 53.5 Å². The van der Waals surface area contributed by atoms with Gasteiger partial charge in [-0.15, -0.1) is 0 Å². The summed E-state index contributed by atoms with van der Waals surface area (Å²) in [7, 11) is -3.68. The number of rotatable bonds is 10. The van der Waals surface area contributed by atoms with Crippen LogP contribution >= 0.6 is 23.2 Å². The zero-order chi connectivity index (χ0) is 29.7. The average molecular weight is 632 g/mol. The van der Waals surface area contributed by atoms with Crippen molar-refractivity contribution in [1.82, 2.24) is 15.1 Å². The number of morpholine rings is 1. The Kier molecular flexibility index (Phi) is 9.70. The van der Waals surface area contributed by atoms with E-state index in [1.54, 1.807) is 23.1 Å². The highest BCUT2D eigenvalue weighted by Gasteiger charge is 2.36. The number of amides is 2. The molecule has 0 radical (unpaired) electrons. The molecule has 0 spiro atoms. The summed E-state index contributed by atoms with van der Waals surface area (Å²) in [6.45, 7) is 2.99. The van der Waals surface area contributed by atoms with Gasteiger partial charge < -0.3 is 15.0 Å². The summed E-state index contributed by atoms with van der Waals surface area (Å²) in [5, 5.41) is 3.91. The Morgan fingerprint density at radius 3 is 2.10 bits per heavy atom. The SMILES string of the molecule is O=C(NCC(=O)N1CCOCC1)c1cccc(NS(=O)(=O)CC2CN(C(c3ccc(Cl)cc3)c3ccc(Cl)cc3)C2)c1. The lowest BCUT2D eigenvalue weighted by Crippen LogP contribution is -2.51. The van der Waals surface area contributed by atoms with Crippen molar-refractivity contribution in [2.45, 2.75) is 6.04 Å². The van der Waals surface area contributed by atoms with Crippen molar-refractivity contribution in [3.8, 4) is 0 Å². The molecule has 3 aromatic carbocycles. The molecule has 5 rings (SSSR count). The average Bonchev–Trinajstić information content (AvgIpc) is 2.96. The van der Waals surface area contributed by atoms with E-state index in [-0.39, 0.29) is 35.7 Å². The van der Waals surface area contributed by atoms with Gasteiger partial charge in [-0.2, -0.15) is 0 Å². The summed E-state index contributed by atoms with van der Waals surface area (Å²) in [5.41, 5.74) is 2.66. The minimum atomic E-state index is -3.68. The smallest absolute Gasteiger partial charge is 0.251 e. The van der Waals surface area contributed by atoms with Gasteiger partial charge in [0.1, 0.15) is 0 Å². The van der Waals surface area contributed by atoms with Crippen LogP contribution in [0.1, 0.15) is 27.5 Å². The summed E-state index contributed by atoms with van der Waals surface area (Å²) < 4.78 is 33.9. The van der Waals surface area contributed by atoms with E-state index in [0.717, 1.165) is 11.1 Å². The molecule has 0 aromatic heterocycles. The third-order valence-electron chi connectivity index (χ3n) is 7.34. The lowest BCUT2D eigenvalue weighted by molar-refractivity contribution is -0.134. The predicted octanol–water partition coefficient (Wildman–Crippen LogP) is 4.05. The van der Waals surface area contributed by atoms with Gasteiger partial charge >= 0.3 is 0 Å². The second-order valence-electron chi connectivity index (χ2n) is 10.5. The minimum absolute atomic E-state index is 0.0536. The number of likely N-dealkylation sites (tertiary alicyclic amines) is 1. The first-order chi connectivity index (χ1) is 20.2. The second-order valence-corrected chi connectivity index (χ2v) is 13.1. The maximum Gasteiger partial charge on any atom is 0.251 e. The quantitative estimate of drug-likeness (QED) is 0.350. The van der Waals surface area contributed by atoms with Crippen LogP contribution < -0.4 is 10.0 Å². The maximum absolute atomic E-state index is 13.0. The molecule has 0 unspecified atom stereocenters. The zero-order valence-electron chi connectivity index (χ0n) is 22.8. The fraction of sp³-hybridized carbons (Fsp3) is 0.333. The first-order valence-electron chi connectivity index (χ1n) is 13.7. The van der Waals surface area contributed by atoms with Crippen molar-refractivity contribution in [2.75, 3.05) is 56.4 Å². The van der Waals surface area contributed by atoms with E-state index < -0.39 is 15.9 Å². The van der Waals surface area contributed by atoms with E-state index in [4.69, 9.17) is 27.9 Å². The number of sulfonamides is 1. The summed E-state index contributed by atoms with van der Waals surface area (Å²) in [4.78, 5) is 28.9. The number of anilines is 1. The number of benzene rings is 3.